The van der Waals surface area contributed by atoms with Crippen LogP contribution in [0.2, 0.25) is 19.1 Å². The van der Waals surface area contributed by atoms with E-state index in [0.717, 1.165) is 13.0 Å². The Labute approximate surface area is 76.4 Å². The lowest BCUT2D eigenvalue weighted by Crippen LogP contribution is -2.48. The van der Waals surface area contributed by atoms with Gasteiger partial charge < -0.3 is 9.16 Å². The van der Waals surface area contributed by atoms with Crippen LogP contribution in [0.3, 0.4) is 0 Å². The first-order valence-electron chi connectivity index (χ1n) is 4.82. The summed E-state index contributed by atoms with van der Waals surface area (Å²) in [4.78, 5) is 0. The molecular weight excluding hydrogens is 168 g/mol. The highest BCUT2D eigenvalue weighted by molar-refractivity contribution is 6.71. The van der Waals surface area contributed by atoms with Gasteiger partial charge in [0.05, 0.1) is 0 Å². The molecule has 12 heavy (non-hydrogen) atoms. The molecular formula is C9H20O2Si. The van der Waals surface area contributed by atoms with Crippen molar-refractivity contribution in [3.05, 3.63) is 0 Å². The predicted molar refractivity (Wildman–Crippen MR) is 52.6 cm³/mol. The van der Waals surface area contributed by atoms with Crippen molar-refractivity contribution in [3.8, 4) is 0 Å². The smallest absolute Gasteiger partial charge is 0.190 e. The zero-order chi connectivity index (χ0) is 9.24. The van der Waals surface area contributed by atoms with Crippen LogP contribution in [0.5, 0.6) is 0 Å². The molecule has 0 aromatic heterocycles. The van der Waals surface area contributed by atoms with E-state index in [1.54, 1.807) is 0 Å². The van der Waals surface area contributed by atoms with Crippen LogP contribution in [0.4, 0.5) is 0 Å². The van der Waals surface area contributed by atoms with Gasteiger partial charge in [-0.25, -0.2) is 0 Å². The molecule has 1 atom stereocenters. The second kappa shape index (κ2) is 3.48. The molecule has 0 aromatic carbocycles. The molecule has 0 aliphatic carbocycles. The lowest BCUT2D eigenvalue weighted by atomic mass is 10.2. The van der Waals surface area contributed by atoms with Gasteiger partial charge in [-0.15, -0.1) is 0 Å². The van der Waals surface area contributed by atoms with E-state index < -0.39 is 8.32 Å². The highest BCUT2D eigenvalue weighted by Gasteiger charge is 2.39. The summed E-state index contributed by atoms with van der Waals surface area (Å²) >= 11 is 0. The van der Waals surface area contributed by atoms with Gasteiger partial charge in [0.1, 0.15) is 0 Å². The Bertz CT molecular complexity index is 155. The minimum absolute atomic E-state index is 0.275. The summed E-state index contributed by atoms with van der Waals surface area (Å²) in [5, 5.41) is 0. The zero-order valence-electron chi connectivity index (χ0n) is 8.64. The Morgan fingerprint density at radius 2 is 2.17 bits per heavy atom. The molecule has 0 N–H and O–H groups in total. The SMILES string of the molecule is CCOC1(C)CCC[Si](C)(C)O1. The summed E-state index contributed by atoms with van der Waals surface area (Å²) in [5.41, 5.74) is 0. The third-order valence-electron chi connectivity index (χ3n) is 2.35. The van der Waals surface area contributed by atoms with Crippen LogP contribution in [-0.2, 0) is 9.16 Å². The molecule has 1 aliphatic heterocycles. The summed E-state index contributed by atoms with van der Waals surface area (Å²) < 4.78 is 11.6. The number of hydrogen-bond acceptors (Lipinski definition) is 2. The highest BCUT2D eigenvalue weighted by Crippen LogP contribution is 2.33. The summed E-state index contributed by atoms with van der Waals surface area (Å²) in [6.45, 7) is 9.38. The molecule has 1 saturated heterocycles. The van der Waals surface area contributed by atoms with Crippen LogP contribution in [0.25, 0.3) is 0 Å². The fraction of sp³-hybridized carbons (Fsp3) is 1.00. The van der Waals surface area contributed by atoms with E-state index in [1.807, 2.05) is 6.92 Å². The van der Waals surface area contributed by atoms with Gasteiger partial charge in [-0.05, 0) is 45.8 Å². The average molecular weight is 188 g/mol. The molecule has 1 unspecified atom stereocenters. The quantitative estimate of drug-likeness (QED) is 0.620. The summed E-state index contributed by atoms with van der Waals surface area (Å²) in [7, 11) is -1.39. The average Bonchev–Trinajstić information content (AvgIpc) is 1.83. The predicted octanol–water partition coefficient (Wildman–Crippen LogP) is 2.75. The zero-order valence-corrected chi connectivity index (χ0v) is 9.64. The topological polar surface area (TPSA) is 18.5 Å². The van der Waals surface area contributed by atoms with Gasteiger partial charge in [0.2, 0.25) is 0 Å². The molecule has 0 amide bonds. The largest absolute Gasteiger partial charge is 0.391 e. The molecule has 0 aromatic rings. The maximum absolute atomic E-state index is 6.02. The van der Waals surface area contributed by atoms with Crippen molar-refractivity contribution in [2.75, 3.05) is 6.61 Å². The van der Waals surface area contributed by atoms with Crippen molar-refractivity contribution in [2.45, 2.75) is 51.6 Å². The number of hydrogen-bond donors (Lipinski definition) is 0. The molecule has 72 valence electrons. The summed E-state index contributed by atoms with van der Waals surface area (Å²) in [5.74, 6) is -0.275. The minimum Gasteiger partial charge on any atom is -0.391 e. The molecule has 1 heterocycles. The first kappa shape index (κ1) is 10.2. The Balaban J connectivity index is 2.55. The van der Waals surface area contributed by atoms with Crippen molar-refractivity contribution in [2.24, 2.45) is 0 Å². The van der Waals surface area contributed by atoms with E-state index in [-0.39, 0.29) is 5.79 Å². The monoisotopic (exact) mass is 188 g/mol. The van der Waals surface area contributed by atoms with Gasteiger partial charge in [-0.2, -0.15) is 0 Å². The van der Waals surface area contributed by atoms with Gasteiger partial charge in [-0.1, -0.05) is 0 Å². The van der Waals surface area contributed by atoms with Gasteiger partial charge in [0, 0.05) is 6.61 Å². The summed E-state index contributed by atoms with van der Waals surface area (Å²) in [6, 6.07) is 1.27. The fourth-order valence-electron chi connectivity index (χ4n) is 1.93. The van der Waals surface area contributed by atoms with Gasteiger partial charge in [0.25, 0.3) is 0 Å². The number of rotatable bonds is 2. The first-order chi connectivity index (χ1) is 5.47. The van der Waals surface area contributed by atoms with Crippen LogP contribution < -0.4 is 0 Å². The van der Waals surface area contributed by atoms with E-state index in [2.05, 4.69) is 20.0 Å². The Morgan fingerprint density at radius 1 is 1.50 bits per heavy atom. The highest BCUT2D eigenvalue weighted by atomic mass is 28.4. The van der Waals surface area contributed by atoms with Gasteiger partial charge in [-0.3, -0.25) is 0 Å². The minimum atomic E-state index is -1.39. The van der Waals surface area contributed by atoms with E-state index in [4.69, 9.17) is 9.16 Å². The third kappa shape index (κ3) is 2.57. The van der Waals surface area contributed by atoms with E-state index >= 15 is 0 Å². The molecule has 1 rings (SSSR count). The van der Waals surface area contributed by atoms with Crippen LogP contribution in [-0.4, -0.2) is 20.7 Å². The fourth-order valence-corrected chi connectivity index (χ4v) is 4.39. The van der Waals surface area contributed by atoms with Crippen molar-refractivity contribution >= 4 is 8.32 Å². The van der Waals surface area contributed by atoms with Crippen molar-refractivity contribution in [3.63, 3.8) is 0 Å². The third-order valence-corrected chi connectivity index (χ3v) is 4.89. The van der Waals surface area contributed by atoms with E-state index in [0.29, 0.717) is 0 Å². The lowest BCUT2D eigenvalue weighted by Gasteiger charge is -2.41. The van der Waals surface area contributed by atoms with Crippen molar-refractivity contribution < 1.29 is 9.16 Å². The molecule has 0 spiro atoms. The normalized spacial score (nSPS) is 35.0. The van der Waals surface area contributed by atoms with Crippen LogP contribution in [0.1, 0.15) is 26.7 Å². The van der Waals surface area contributed by atoms with Gasteiger partial charge >= 0.3 is 0 Å². The van der Waals surface area contributed by atoms with Gasteiger partial charge in [0.15, 0.2) is 14.1 Å². The molecule has 1 aliphatic rings. The molecule has 0 bridgehead atoms. The van der Waals surface area contributed by atoms with Crippen molar-refractivity contribution in [1.29, 1.82) is 0 Å². The number of ether oxygens (including phenoxy) is 1. The van der Waals surface area contributed by atoms with Crippen molar-refractivity contribution in [1.82, 2.24) is 0 Å². The Kier molecular flexibility index (Phi) is 2.96. The Hall–Kier alpha value is 0.137. The second-order valence-corrected chi connectivity index (χ2v) is 8.51. The maximum Gasteiger partial charge on any atom is 0.190 e. The van der Waals surface area contributed by atoms with Crippen LogP contribution in [0.15, 0.2) is 0 Å². The molecule has 3 heteroatoms. The van der Waals surface area contributed by atoms with Crippen LogP contribution in [0, 0.1) is 0 Å². The maximum atomic E-state index is 6.02. The van der Waals surface area contributed by atoms with E-state index in [9.17, 15) is 0 Å². The first-order valence-corrected chi connectivity index (χ1v) is 7.93. The molecule has 2 nitrogen and oxygen atoms in total. The molecule has 0 radical (unpaired) electrons. The second-order valence-electron chi connectivity index (χ2n) is 4.28. The Morgan fingerprint density at radius 3 is 2.67 bits per heavy atom. The van der Waals surface area contributed by atoms with Crippen LogP contribution >= 0.6 is 0 Å². The van der Waals surface area contributed by atoms with E-state index in [1.165, 1.54) is 12.5 Å². The molecule has 0 saturated carbocycles. The standard InChI is InChI=1S/C9H20O2Si/c1-5-10-9(2)7-6-8-12(3,4)11-9/h5-8H2,1-4H3. The summed E-state index contributed by atoms with van der Waals surface area (Å²) in [6.07, 6.45) is 2.31. The lowest BCUT2D eigenvalue weighted by molar-refractivity contribution is -0.184. The molecule has 1 fully saturated rings.